The van der Waals surface area contributed by atoms with Crippen LogP contribution in [-0.2, 0) is 6.42 Å². The average molecular weight is 261 g/mol. The third-order valence-electron chi connectivity index (χ3n) is 3.01. The smallest absolute Gasteiger partial charge is 0.317 e. The maximum atomic E-state index is 10.1. The van der Waals surface area contributed by atoms with Crippen LogP contribution in [0.15, 0.2) is 34.7 Å². The van der Waals surface area contributed by atoms with Crippen LogP contribution in [0.25, 0.3) is 0 Å². The fourth-order valence-corrected chi connectivity index (χ4v) is 1.80. The highest BCUT2D eigenvalue weighted by molar-refractivity contribution is 5.22. The number of rotatable bonds is 6. The van der Waals surface area contributed by atoms with E-state index < -0.39 is 6.10 Å². The van der Waals surface area contributed by atoms with E-state index in [-0.39, 0.29) is 0 Å². The number of nitrogens with zero attached hydrogens (tertiary/aromatic N) is 3. The molecule has 5 nitrogen and oxygen atoms in total. The van der Waals surface area contributed by atoms with Gasteiger partial charge in [0.2, 0.25) is 5.89 Å². The fraction of sp³-hybridized carbons (Fsp3) is 0.429. The minimum atomic E-state index is -0.475. The lowest BCUT2D eigenvalue weighted by molar-refractivity contribution is 0.169. The summed E-state index contributed by atoms with van der Waals surface area (Å²) in [6, 6.07) is 10.1. The summed E-state index contributed by atoms with van der Waals surface area (Å²) >= 11 is 0. The van der Waals surface area contributed by atoms with E-state index >= 15 is 0 Å². The molecule has 1 N–H and O–H groups in total. The summed E-state index contributed by atoms with van der Waals surface area (Å²) in [6.45, 7) is 2.62. The molecule has 5 heteroatoms. The highest BCUT2D eigenvalue weighted by Gasteiger charge is 2.12. The highest BCUT2D eigenvalue weighted by Crippen LogP contribution is 2.18. The Morgan fingerprint density at radius 3 is 2.63 bits per heavy atom. The third-order valence-corrected chi connectivity index (χ3v) is 3.01. The first-order chi connectivity index (χ1) is 9.20. The van der Waals surface area contributed by atoms with Crippen LogP contribution in [0.5, 0.6) is 0 Å². The summed E-state index contributed by atoms with van der Waals surface area (Å²) in [5.74, 6) is 0.630. The van der Waals surface area contributed by atoms with Gasteiger partial charge in [-0.3, -0.25) is 0 Å². The fourth-order valence-electron chi connectivity index (χ4n) is 1.80. The Morgan fingerprint density at radius 2 is 2.00 bits per heavy atom. The van der Waals surface area contributed by atoms with Gasteiger partial charge >= 0.3 is 6.01 Å². The molecule has 0 aliphatic carbocycles. The Balaban J connectivity index is 1.88. The van der Waals surface area contributed by atoms with E-state index in [2.05, 4.69) is 10.2 Å². The molecule has 2 rings (SSSR count). The normalized spacial score (nSPS) is 12.4. The van der Waals surface area contributed by atoms with Crippen molar-refractivity contribution in [3.63, 3.8) is 0 Å². The molecule has 1 unspecified atom stereocenters. The quantitative estimate of drug-likeness (QED) is 0.863. The van der Waals surface area contributed by atoms with Gasteiger partial charge in [-0.25, -0.2) is 0 Å². The molecule has 0 amide bonds. The number of benzene rings is 1. The first-order valence-electron chi connectivity index (χ1n) is 6.47. The first-order valence-corrected chi connectivity index (χ1v) is 6.47. The van der Waals surface area contributed by atoms with E-state index in [0.717, 1.165) is 12.0 Å². The van der Waals surface area contributed by atoms with Gasteiger partial charge in [0.05, 0.1) is 6.10 Å². The molecular formula is C14H19N3O2. The summed E-state index contributed by atoms with van der Waals surface area (Å²) in [7, 11) is 1.88. The number of aromatic nitrogens is 2. The van der Waals surface area contributed by atoms with E-state index in [0.29, 0.717) is 24.9 Å². The van der Waals surface area contributed by atoms with Crippen LogP contribution in [0.4, 0.5) is 6.01 Å². The minimum Gasteiger partial charge on any atom is -0.408 e. The van der Waals surface area contributed by atoms with E-state index in [1.807, 2.05) is 49.2 Å². The molecule has 1 atom stereocenters. The molecule has 0 aliphatic rings. The van der Waals surface area contributed by atoms with Crippen molar-refractivity contribution >= 4 is 6.01 Å². The van der Waals surface area contributed by atoms with Gasteiger partial charge in [0, 0.05) is 20.0 Å². The SMILES string of the molecule is CCc1nnc(N(C)CCC(O)c2ccccc2)o1. The van der Waals surface area contributed by atoms with Crippen molar-refractivity contribution in [2.75, 3.05) is 18.5 Å². The monoisotopic (exact) mass is 261 g/mol. The van der Waals surface area contributed by atoms with Crippen molar-refractivity contribution in [3.8, 4) is 0 Å². The van der Waals surface area contributed by atoms with Crippen LogP contribution < -0.4 is 4.90 Å². The van der Waals surface area contributed by atoms with Gasteiger partial charge < -0.3 is 14.4 Å². The van der Waals surface area contributed by atoms with Gasteiger partial charge in [0.1, 0.15) is 0 Å². The highest BCUT2D eigenvalue weighted by atomic mass is 16.4. The van der Waals surface area contributed by atoms with E-state index in [1.54, 1.807) is 0 Å². The largest absolute Gasteiger partial charge is 0.408 e. The molecule has 0 fully saturated rings. The Labute approximate surface area is 112 Å². The molecule has 0 spiro atoms. The zero-order valence-electron chi connectivity index (χ0n) is 11.3. The van der Waals surface area contributed by atoms with E-state index in [9.17, 15) is 5.11 Å². The maximum absolute atomic E-state index is 10.1. The molecule has 2 aromatic rings. The number of aliphatic hydroxyl groups excluding tert-OH is 1. The lowest BCUT2D eigenvalue weighted by Gasteiger charge is -2.17. The molecule has 0 radical (unpaired) electrons. The van der Waals surface area contributed by atoms with Crippen LogP contribution >= 0.6 is 0 Å². The van der Waals surface area contributed by atoms with Crippen LogP contribution in [-0.4, -0.2) is 28.9 Å². The van der Waals surface area contributed by atoms with E-state index in [4.69, 9.17) is 4.42 Å². The molecule has 0 aliphatic heterocycles. The van der Waals surface area contributed by atoms with Crippen LogP contribution in [0.1, 0.15) is 30.9 Å². The number of aryl methyl sites for hydroxylation is 1. The zero-order chi connectivity index (χ0) is 13.7. The van der Waals surface area contributed by atoms with Crippen LogP contribution in [0.3, 0.4) is 0 Å². The summed E-state index contributed by atoms with van der Waals surface area (Å²) in [6.07, 6.45) is 0.870. The summed E-state index contributed by atoms with van der Waals surface area (Å²) < 4.78 is 5.45. The number of aliphatic hydroxyl groups is 1. The average Bonchev–Trinajstić information content (AvgIpc) is 2.94. The second kappa shape index (κ2) is 6.33. The second-order valence-corrected chi connectivity index (χ2v) is 4.47. The number of hydrogen-bond acceptors (Lipinski definition) is 5. The van der Waals surface area contributed by atoms with Crippen molar-refractivity contribution in [1.29, 1.82) is 0 Å². The van der Waals surface area contributed by atoms with Crippen molar-refractivity contribution in [1.82, 2.24) is 10.2 Å². The molecule has 1 aromatic heterocycles. The molecule has 1 heterocycles. The molecule has 0 saturated carbocycles. The molecule has 1 aromatic carbocycles. The van der Waals surface area contributed by atoms with E-state index in [1.165, 1.54) is 0 Å². The Hall–Kier alpha value is -1.88. The Bertz CT molecular complexity index is 498. The molecule has 0 bridgehead atoms. The number of hydrogen-bond donors (Lipinski definition) is 1. The van der Waals surface area contributed by atoms with Crippen LogP contribution in [0, 0.1) is 0 Å². The zero-order valence-corrected chi connectivity index (χ0v) is 11.3. The van der Waals surface area contributed by atoms with Crippen LogP contribution in [0.2, 0.25) is 0 Å². The van der Waals surface area contributed by atoms with Gasteiger partial charge in [-0.2, -0.15) is 0 Å². The van der Waals surface area contributed by atoms with Crippen molar-refractivity contribution in [2.24, 2.45) is 0 Å². The summed E-state index contributed by atoms with van der Waals surface area (Å²) in [5.41, 5.74) is 0.927. The Kier molecular flexibility index (Phi) is 4.52. The second-order valence-electron chi connectivity index (χ2n) is 4.47. The van der Waals surface area contributed by atoms with Gasteiger partial charge in [-0.05, 0) is 12.0 Å². The maximum Gasteiger partial charge on any atom is 0.317 e. The Morgan fingerprint density at radius 1 is 1.26 bits per heavy atom. The lowest BCUT2D eigenvalue weighted by Crippen LogP contribution is -2.20. The van der Waals surface area contributed by atoms with Crippen molar-refractivity contribution < 1.29 is 9.52 Å². The van der Waals surface area contributed by atoms with Crippen molar-refractivity contribution in [2.45, 2.75) is 25.9 Å². The summed E-state index contributed by atoms with van der Waals surface area (Å²) in [4.78, 5) is 1.86. The molecule has 0 saturated heterocycles. The minimum absolute atomic E-state index is 0.475. The molecular weight excluding hydrogens is 242 g/mol. The summed E-state index contributed by atoms with van der Waals surface area (Å²) in [5, 5.41) is 18.0. The van der Waals surface area contributed by atoms with Gasteiger partial charge in [0.25, 0.3) is 0 Å². The molecule has 19 heavy (non-hydrogen) atoms. The van der Waals surface area contributed by atoms with Gasteiger partial charge in [-0.15, -0.1) is 5.10 Å². The number of anilines is 1. The third kappa shape index (κ3) is 3.54. The van der Waals surface area contributed by atoms with Gasteiger partial charge in [-0.1, -0.05) is 42.4 Å². The predicted molar refractivity (Wildman–Crippen MR) is 73.0 cm³/mol. The topological polar surface area (TPSA) is 62.4 Å². The predicted octanol–water partition coefficient (Wildman–Crippen LogP) is 2.19. The first kappa shape index (κ1) is 13.5. The standard InChI is InChI=1S/C14H19N3O2/c1-3-13-15-16-14(19-13)17(2)10-9-12(18)11-7-5-4-6-8-11/h4-8,12,18H,3,9-10H2,1-2H3. The van der Waals surface area contributed by atoms with Crippen molar-refractivity contribution in [3.05, 3.63) is 41.8 Å². The van der Waals surface area contributed by atoms with Gasteiger partial charge in [0.15, 0.2) is 0 Å². The molecule has 102 valence electrons. The lowest BCUT2D eigenvalue weighted by atomic mass is 10.1.